The summed E-state index contributed by atoms with van der Waals surface area (Å²) in [4.78, 5) is 0. The summed E-state index contributed by atoms with van der Waals surface area (Å²) < 4.78 is 34.7. The van der Waals surface area contributed by atoms with E-state index in [-0.39, 0.29) is 13.2 Å². The smallest absolute Gasteiger partial charge is 0.314 e. The van der Waals surface area contributed by atoms with Crippen molar-refractivity contribution < 1.29 is 36.1 Å². The molecule has 8 nitrogen and oxygen atoms in total. The molecular formula is C24H64O8Si6. The van der Waals surface area contributed by atoms with Gasteiger partial charge in [0.05, 0.1) is 33.0 Å². The molecule has 0 saturated heterocycles. The average Bonchev–Trinajstić information content (AvgIpc) is 2.63. The molecule has 0 aromatic heterocycles. The van der Waals surface area contributed by atoms with Crippen LogP contribution in [-0.4, -0.2) is 101 Å². The van der Waals surface area contributed by atoms with Crippen molar-refractivity contribution in [1.82, 2.24) is 0 Å². The maximum Gasteiger partial charge on any atom is 0.314 e. The van der Waals surface area contributed by atoms with Gasteiger partial charge in [0.2, 0.25) is 0 Å². The summed E-state index contributed by atoms with van der Waals surface area (Å²) in [6.07, 6.45) is 2.59. The summed E-state index contributed by atoms with van der Waals surface area (Å²) >= 11 is 0. The summed E-state index contributed by atoms with van der Waals surface area (Å²) in [6.45, 7) is 36.5. The number of ether oxygens (including phenoxy) is 2. The average molecular weight is 649 g/mol. The molecule has 0 atom stereocenters. The first-order chi connectivity index (χ1) is 17.0. The summed E-state index contributed by atoms with van der Waals surface area (Å²) in [5, 5.41) is 16.8. The summed E-state index contributed by atoms with van der Waals surface area (Å²) in [5.74, 6) is 0. The van der Waals surface area contributed by atoms with Crippen LogP contribution in [0, 0.1) is 0 Å². The van der Waals surface area contributed by atoms with Gasteiger partial charge in [0, 0.05) is 6.61 Å². The molecule has 0 spiro atoms. The molecule has 38 heavy (non-hydrogen) atoms. The molecule has 0 unspecified atom stereocenters. The maximum absolute atomic E-state index is 8.68. The lowest BCUT2D eigenvalue weighted by atomic mass is 10.5. The van der Waals surface area contributed by atoms with Crippen molar-refractivity contribution in [3.63, 3.8) is 0 Å². The van der Waals surface area contributed by atoms with Crippen molar-refractivity contribution >= 4 is 51.1 Å². The fourth-order valence-electron chi connectivity index (χ4n) is 3.33. The van der Waals surface area contributed by atoms with Gasteiger partial charge in [-0.1, -0.05) is 6.08 Å². The van der Waals surface area contributed by atoms with E-state index in [2.05, 4.69) is 98.2 Å². The number of aliphatic hydroxyl groups excluding tert-OH is 2. The van der Waals surface area contributed by atoms with E-state index < -0.39 is 51.1 Å². The van der Waals surface area contributed by atoms with Crippen LogP contribution >= 0.6 is 0 Å². The fraction of sp³-hybridized carbons (Fsp3) is 0.917. The monoisotopic (exact) mass is 648 g/mol. The van der Waals surface area contributed by atoms with E-state index in [1.165, 1.54) is 0 Å². The minimum absolute atomic E-state index is 0.0888. The normalized spacial score (nSPS) is 13.0. The second kappa shape index (κ2) is 21.4. The minimum atomic E-state index is -2.10. The molecule has 0 aliphatic rings. The van der Waals surface area contributed by atoms with E-state index in [1.807, 2.05) is 0 Å². The van der Waals surface area contributed by atoms with Gasteiger partial charge in [0.1, 0.15) is 0 Å². The summed E-state index contributed by atoms with van der Waals surface area (Å²) in [5.41, 5.74) is 0. The van der Waals surface area contributed by atoms with Crippen molar-refractivity contribution in [1.29, 1.82) is 0 Å². The number of hydrogen-bond acceptors (Lipinski definition) is 8. The predicted molar refractivity (Wildman–Crippen MR) is 178 cm³/mol. The van der Waals surface area contributed by atoms with Gasteiger partial charge in [0.15, 0.2) is 33.3 Å². The predicted octanol–water partition coefficient (Wildman–Crippen LogP) is 5.88. The SMILES string of the molecule is C=CCOCCO.C[SiH](O[Si](C)(C)C)O[Si](C)(C)C.C[Si](C)(C)O[Si](C)(CCCOCCO)O[Si](C)(C)C. The lowest BCUT2D eigenvalue weighted by Crippen LogP contribution is -2.52. The van der Waals surface area contributed by atoms with Crippen molar-refractivity contribution in [2.45, 2.75) is 104 Å². The molecule has 0 aromatic carbocycles. The van der Waals surface area contributed by atoms with Crippen molar-refractivity contribution in [3.8, 4) is 0 Å². The van der Waals surface area contributed by atoms with Crippen molar-refractivity contribution in [2.24, 2.45) is 0 Å². The highest BCUT2D eigenvalue weighted by atomic mass is 28.5. The van der Waals surface area contributed by atoms with E-state index in [0.29, 0.717) is 26.4 Å². The summed E-state index contributed by atoms with van der Waals surface area (Å²) in [7, 11) is -9.33. The van der Waals surface area contributed by atoms with Gasteiger partial charge in [-0.25, -0.2) is 0 Å². The van der Waals surface area contributed by atoms with Crippen LogP contribution in [0.5, 0.6) is 0 Å². The molecule has 0 fully saturated rings. The first kappa shape index (κ1) is 43.2. The third-order valence-electron chi connectivity index (χ3n) is 3.71. The van der Waals surface area contributed by atoms with Crippen LogP contribution in [0.15, 0.2) is 12.7 Å². The highest BCUT2D eigenvalue weighted by molar-refractivity contribution is 6.87. The van der Waals surface area contributed by atoms with Crippen LogP contribution in [0.4, 0.5) is 0 Å². The fourth-order valence-corrected chi connectivity index (χ4v) is 24.4. The molecule has 0 heterocycles. The Morgan fingerprint density at radius 3 is 1.34 bits per heavy atom. The molecule has 0 aliphatic carbocycles. The molecule has 14 heteroatoms. The summed E-state index contributed by atoms with van der Waals surface area (Å²) in [6, 6.07) is 0.965. The van der Waals surface area contributed by atoms with Crippen molar-refractivity contribution in [3.05, 3.63) is 12.7 Å². The molecule has 0 bridgehead atoms. The van der Waals surface area contributed by atoms with Crippen molar-refractivity contribution in [2.75, 3.05) is 39.6 Å². The topological polar surface area (TPSA) is 95.8 Å². The molecule has 0 rings (SSSR count). The van der Waals surface area contributed by atoms with Crippen LogP contribution in [0.3, 0.4) is 0 Å². The molecule has 2 N–H and O–H groups in total. The van der Waals surface area contributed by atoms with Crippen LogP contribution < -0.4 is 0 Å². The van der Waals surface area contributed by atoms with Crippen LogP contribution in [-0.2, 0) is 25.9 Å². The Morgan fingerprint density at radius 1 is 0.632 bits per heavy atom. The Morgan fingerprint density at radius 2 is 1.03 bits per heavy atom. The minimum Gasteiger partial charge on any atom is -0.439 e. The quantitative estimate of drug-likeness (QED) is 0.108. The third-order valence-corrected chi connectivity index (χ3v) is 21.6. The van der Waals surface area contributed by atoms with Gasteiger partial charge >= 0.3 is 8.56 Å². The van der Waals surface area contributed by atoms with Gasteiger partial charge in [-0.15, -0.1) is 6.58 Å². The highest BCUT2D eigenvalue weighted by Gasteiger charge is 2.39. The maximum atomic E-state index is 8.68. The van der Waals surface area contributed by atoms with Crippen LogP contribution in [0.1, 0.15) is 6.42 Å². The number of hydrogen-bond donors (Lipinski definition) is 2. The van der Waals surface area contributed by atoms with E-state index in [1.54, 1.807) is 6.08 Å². The molecule has 232 valence electrons. The first-order valence-corrected chi connectivity index (χ1v) is 32.0. The first-order valence-electron chi connectivity index (χ1n) is 13.7. The zero-order valence-corrected chi connectivity index (χ0v) is 33.5. The molecule has 0 aromatic rings. The Labute approximate surface area is 243 Å². The molecule has 0 aliphatic heterocycles. The molecule has 0 saturated carbocycles. The largest absolute Gasteiger partial charge is 0.439 e. The van der Waals surface area contributed by atoms with Gasteiger partial charge in [-0.05, 0) is 104 Å². The van der Waals surface area contributed by atoms with Gasteiger partial charge in [0.25, 0.3) is 9.28 Å². The molecule has 0 amide bonds. The highest BCUT2D eigenvalue weighted by Crippen LogP contribution is 2.25. The Bertz CT molecular complexity index is 540. The lowest BCUT2D eigenvalue weighted by Gasteiger charge is -2.38. The Kier molecular flexibility index (Phi) is 24.3. The third kappa shape index (κ3) is 38.9. The zero-order chi connectivity index (χ0) is 30.7. The standard InChI is InChI=1S/C12H32O4Si3.C7H22O2Si3.C5H10O2/c1-17(2,3)15-19(7,16-18(4,5)6)12-8-10-14-11-9-13;1-10(8-11(2,3)4)9-12(5,6)7;1-2-4-7-5-3-6/h13H,8-12H2,1-7H3;10H,1-7H3;2,6H,1,3-5H2. The van der Waals surface area contributed by atoms with Crippen LogP contribution in [0.2, 0.25) is 97.7 Å². The number of aliphatic hydroxyl groups is 2. The second-order valence-electron chi connectivity index (χ2n) is 13.1. The number of rotatable bonds is 18. The Hall–Kier alpha value is 0.721. The van der Waals surface area contributed by atoms with Crippen LogP contribution in [0.25, 0.3) is 0 Å². The molecule has 0 radical (unpaired) electrons. The zero-order valence-electron chi connectivity index (χ0n) is 27.4. The van der Waals surface area contributed by atoms with E-state index >= 15 is 0 Å². The Balaban J connectivity index is -0.000000547. The second-order valence-corrected chi connectivity index (χ2v) is 37.4. The lowest BCUT2D eigenvalue weighted by molar-refractivity contribution is 0.0919. The van der Waals surface area contributed by atoms with E-state index in [0.717, 1.165) is 12.5 Å². The molecular weight excluding hydrogens is 585 g/mol. The van der Waals surface area contributed by atoms with E-state index in [9.17, 15) is 0 Å². The van der Waals surface area contributed by atoms with E-state index in [4.69, 9.17) is 36.1 Å². The van der Waals surface area contributed by atoms with Gasteiger partial charge in [-0.3, -0.25) is 0 Å². The van der Waals surface area contributed by atoms with Gasteiger partial charge in [-0.2, -0.15) is 0 Å². The van der Waals surface area contributed by atoms with Gasteiger partial charge < -0.3 is 36.1 Å².